The molecule has 2 heterocycles. The number of halogens is 1. The first-order valence-electron chi connectivity index (χ1n) is 6.72. The molecule has 0 bridgehead atoms. The Morgan fingerprint density at radius 2 is 2.16 bits per heavy atom. The van der Waals surface area contributed by atoms with E-state index in [1.54, 1.807) is 0 Å². The van der Waals surface area contributed by atoms with Crippen molar-refractivity contribution in [2.75, 3.05) is 0 Å². The lowest BCUT2D eigenvalue weighted by molar-refractivity contribution is 0.594. The predicted octanol–water partition coefficient (Wildman–Crippen LogP) is 3.10. The highest BCUT2D eigenvalue weighted by atomic mass is 79.9. The lowest BCUT2D eigenvalue weighted by Gasteiger charge is -2.07. The molecular weight excluding hydrogens is 304 g/mol. The van der Waals surface area contributed by atoms with Crippen LogP contribution in [0.4, 0.5) is 0 Å². The summed E-state index contributed by atoms with van der Waals surface area (Å²) >= 11 is 3.67. The monoisotopic (exact) mass is 324 g/mol. The normalized spacial score (nSPS) is 12.9. The van der Waals surface area contributed by atoms with Gasteiger partial charge in [0.1, 0.15) is 0 Å². The van der Waals surface area contributed by atoms with Gasteiger partial charge in [-0.25, -0.2) is 0 Å². The Labute approximate surface area is 122 Å². The van der Waals surface area contributed by atoms with Crippen molar-refractivity contribution >= 4 is 15.9 Å². The molecule has 104 valence electrons. The summed E-state index contributed by atoms with van der Waals surface area (Å²) in [5, 5.41) is 4.62. The third-order valence-corrected chi connectivity index (χ3v) is 4.24. The average Bonchev–Trinajstić information content (AvgIpc) is 2.96. The van der Waals surface area contributed by atoms with Crippen LogP contribution in [-0.4, -0.2) is 14.3 Å². The minimum absolute atomic E-state index is 0.0759. The van der Waals surface area contributed by atoms with Crippen molar-refractivity contribution in [1.82, 2.24) is 14.3 Å². The van der Waals surface area contributed by atoms with Crippen LogP contribution >= 0.6 is 15.9 Å². The first-order chi connectivity index (χ1) is 9.06. The van der Waals surface area contributed by atoms with Gasteiger partial charge >= 0.3 is 0 Å². The van der Waals surface area contributed by atoms with Gasteiger partial charge in [0.2, 0.25) is 0 Å². The number of hydrogen-bond acceptors (Lipinski definition) is 2. The molecule has 1 unspecified atom stereocenters. The van der Waals surface area contributed by atoms with E-state index in [9.17, 15) is 0 Å². The number of nitrogens with zero attached hydrogens (tertiary/aromatic N) is 3. The molecule has 0 aliphatic rings. The molecule has 0 amide bonds. The van der Waals surface area contributed by atoms with Crippen LogP contribution in [0.3, 0.4) is 0 Å². The number of aromatic nitrogens is 3. The van der Waals surface area contributed by atoms with Crippen LogP contribution in [0.5, 0.6) is 0 Å². The summed E-state index contributed by atoms with van der Waals surface area (Å²) in [6, 6.07) is 2.15. The molecule has 0 aliphatic heterocycles. The summed E-state index contributed by atoms with van der Waals surface area (Å²) in [4.78, 5) is 0. The van der Waals surface area contributed by atoms with Crippen LogP contribution in [0.25, 0.3) is 0 Å². The highest BCUT2D eigenvalue weighted by Gasteiger charge is 2.14. The molecular formula is C14H21BrN4. The van der Waals surface area contributed by atoms with Gasteiger partial charge in [0, 0.05) is 25.0 Å². The van der Waals surface area contributed by atoms with Crippen molar-refractivity contribution in [3.63, 3.8) is 0 Å². The molecule has 5 heteroatoms. The van der Waals surface area contributed by atoms with Gasteiger partial charge in [-0.15, -0.1) is 0 Å². The van der Waals surface area contributed by atoms with Crippen LogP contribution in [-0.2, 0) is 19.5 Å². The van der Waals surface area contributed by atoms with Gasteiger partial charge in [-0.2, -0.15) is 5.10 Å². The largest absolute Gasteiger partial charge is 0.348 e. The second-order valence-corrected chi connectivity index (χ2v) is 5.58. The van der Waals surface area contributed by atoms with Gasteiger partial charge in [0.15, 0.2) is 0 Å². The van der Waals surface area contributed by atoms with Crippen molar-refractivity contribution in [3.05, 3.63) is 39.9 Å². The van der Waals surface area contributed by atoms with Gasteiger partial charge in [-0.3, -0.25) is 4.68 Å². The van der Waals surface area contributed by atoms with E-state index in [0.717, 1.165) is 35.2 Å². The molecule has 4 nitrogen and oxygen atoms in total. The zero-order valence-corrected chi connectivity index (χ0v) is 13.3. The van der Waals surface area contributed by atoms with Gasteiger partial charge in [0.05, 0.1) is 22.4 Å². The molecule has 2 aromatic rings. The Morgan fingerprint density at radius 1 is 1.42 bits per heavy atom. The van der Waals surface area contributed by atoms with Crippen LogP contribution in [0.2, 0.25) is 0 Å². The van der Waals surface area contributed by atoms with E-state index in [1.807, 2.05) is 6.92 Å². The summed E-state index contributed by atoms with van der Waals surface area (Å²) in [6.45, 7) is 7.94. The van der Waals surface area contributed by atoms with Crippen molar-refractivity contribution in [2.24, 2.45) is 5.73 Å². The number of rotatable bonds is 5. The predicted molar refractivity (Wildman–Crippen MR) is 81.1 cm³/mol. The number of nitrogens with two attached hydrogens (primary N) is 1. The molecule has 0 saturated heterocycles. The summed E-state index contributed by atoms with van der Waals surface area (Å²) in [5.74, 6) is 0. The Bertz CT molecular complexity index is 554. The Morgan fingerprint density at radius 3 is 2.68 bits per heavy atom. The maximum Gasteiger partial charge on any atom is 0.0767 e. The minimum atomic E-state index is 0.0759. The summed E-state index contributed by atoms with van der Waals surface area (Å²) in [5.41, 5.74) is 9.39. The van der Waals surface area contributed by atoms with Crippen LogP contribution in [0.1, 0.15) is 43.8 Å². The molecule has 0 saturated carbocycles. The molecule has 19 heavy (non-hydrogen) atoms. The Hall–Kier alpha value is -1.07. The summed E-state index contributed by atoms with van der Waals surface area (Å²) in [6.07, 6.45) is 5.12. The SMILES string of the molecule is CCc1nn(CC)c(Cn2ccc(C(C)N)c2)c1Br. The molecule has 1 atom stereocenters. The molecule has 0 spiro atoms. The second kappa shape index (κ2) is 5.92. The van der Waals surface area contributed by atoms with Gasteiger partial charge in [-0.05, 0) is 47.8 Å². The van der Waals surface area contributed by atoms with Crippen molar-refractivity contribution in [1.29, 1.82) is 0 Å². The van der Waals surface area contributed by atoms with E-state index >= 15 is 0 Å². The van der Waals surface area contributed by atoms with Gasteiger partial charge in [-0.1, -0.05) is 6.92 Å². The third kappa shape index (κ3) is 2.92. The fraction of sp³-hybridized carbons (Fsp3) is 0.500. The second-order valence-electron chi connectivity index (χ2n) is 4.78. The number of hydrogen-bond donors (Lipinski definition) is 1. The molecule has 2 rings (SSSR count). The molecule has 0 aliphatic carbocycles. The first kappa shape index (κ1) is 14.3. The molecule has 0 aromatic carbocycles. The quantitative estimate of drug-likeness (QED) is 0.918. The number of aryl methyl sites for hydroxylation is 2. The van der Waals surface area contributed by atoms with Gasteiger partial charge in [0.25, 0.3) is 0 Å². The fourth-order valence-corrected chi connectivity index (χ4v) is 2.86. The van der Waals surface area contributed by atoms with Crippen molar-refractivity contribution < 1.29 is 0 Å². The first-order valence-corrected chi connectivity index (χ1v) is 7.51. The topological polar surface area (TPSA) is 48.8 Å². The van der Waals surface area contributed by atoms with E-state index in [1.165, 1.54) is 5.69 Å². The smallest absolute Gasteiger partial charge is 0.0767 e. The van der Waals surface area contributed by atoms with Crippen molar-refractivity contribution in [2.45, 2.75) is 46.3 Å². The standard InChI is InChI=1S/C14H21BrN4/c1-4-12-14(15)13(19(5-2)17-12)9-18-7-6-11(8-18)10(3)16/h6-8,10H,4-5,9,16H2,1-3H3. The van der Waals surface area contributed by atoms with E-state index in [0.29, 0.717) is 0 Å². The van der Waals surface area contributed by atoms with Crippen LogP contribution in [0.15, 0.2) is 22.9 Å². The highest BCUT2D eigenvalue weighted by molar-refractivity contribution is 9.10. The van der Waals surface area contributed by atoms with Crippen LogP contribution < -0.4 is 5.73 Å². The minimum Gasteiger partial charge on any atom is -0.348 e. The van der Waals surface area contributed by atoms with E-state index in [4.69, 9.17) is 5.73 Å². The zero-order chi connectivity index (χ0) is 14.0. The molecule has 0 fully saturated rings. The summed E-state index contributed by atoms with van der Waals surface area (Å²) < 4.78 is 5.36. The van der Waals surface area contributed by atoms with Gasteiger partial charge < -0.3 is 10.3 Å². The summed E-state index contributed by atoms with van der Waals surface area (Å²) in [7, 11) is 0. The fourth-order valence-electron chi connectivity index (χ4n) is 2.17. The van der Waals surface area contributed by atoms with Crippen LogP contribution in [0, 0.1) is 0 Å². The Balaban J connectivity index is 2.29. The lowest BCUT2D eigenvalue weighted by Crippen LogP contribution is -2.08. The van der Waals surface area contributed by atoms with E-state index < -0.39 is 0 Å². The maximum absolute atomic E-state index is 5.89. The molecule has 2 aromatic heterocycles. The lowest BCUT2D eigenvalue weighted by atomic mass is 10.2. The molecule has 0 radical (unpaired) electrons. The molecule has 2 N–H and O–H groups in total. The highest BCUT2D eigenvalue weighted by Crippen LogP contribution is 2.23. The van der Waals surface area contributed by atoms with Crippen molar-refractivity contribution in [3.8, 4) is 0 Å². The zero-order valence-electron chi connectivity index (χ0n) is 11.7. The third-order valence-electron chi connectivity index (χ3n) is 3.33. The average molecular weight is 325 g/mol. The van der Waals surface area contributed by atoms with E-state index in [2.05, 4.69) is 62.6 Å². The van der Waals surface area contributed by atoms with E-state index in [-0.39, 0.29) is 6.04 Å². The maximum atomic E-state index is 5.89. The Kier molecular flexibility index (Phi) is 4.47.